The van der Waals surface area contributed by atoms with Crippen LogP contribution in [-0.4, -0.2) is 26.3 Å². The average Bonchev–Trinajstić information content (AvgIpc) is 2.19. The molecule has 7 nitrogen and oxygen atoms in total. The molecule has 1 aromatic rings. The summed E-state index contributed by atoms with van der Waals surface area (Å²) in [6, 6.07) is 1.28. The van der Waals surface area contributed by atoms with Gasteiger partial charge in [-0.1, -0.05) is 0 Å². The number of amides is 1. The highest BCUT2D eigenvalue weighted by atomic mass is 16.4. The number of aromatic nitrogens is 2. The Morgan fingerprint density at radius 2 is 2.17 bits per heavy atom. The molecule has 0 radical (unpaired) electrons. The molecule has 0 aromatic carbocycles. The van der Waals surface area contributed by atoms with Crippen LogP contribution in [0.2, 0.25) is 0 Å². The summed E-state index contributed by atoms with van der Waals surface area (Å²) in [6.45, 7) is 3.98. The first-order chi connectivity index (χ1) is 8.30. The molecule has 7 heteroatoms. The molecular formula is C11H17N3O4. The van der Waals surface area contributed by atoms with Gasteiger partial charge in [-0.15, -0.1) is 0 Å². The monoisotopic (exact) mass is 255 g/mol. The third-order valence-electron chi connectivity index (χ3n) is 2.54. The van der Waals surface area contributed by atoms with Crippen molar-refractivity contribution in [1.82, 2.24) is 14.9 Å². The van der Waals surface area contributed by atoms with Crippen LogP contribution in [0, 0.1) is 0 Å². The van der Waals surface area contributed by atoms with E-state index in [4.69, 9.17) is 5.11 Å². The molecule has 0 atom stereocenters. The highest BCUT2D eigenvalue weighted by Gasteiger charge is 2.19. The Labute approximate surface area is 103 Å². The van der Waals surface area contributed by atoms with Crippen LogP contribution < -0.4 is 16.6 Å². The average molecular weight is 255 g/mol. The standard InChI is InChI=1S/C11H17N3O4/c1-11(2,13-10(17)18)5-3-6-14-7-4-8(15)12-9(14)16/h4,7,13H,3,5-6H2,1-2H3,(H,17,18)(H,12,15,16). The number of nitrogens with zero attached hydrogens (tertiary/aromatic N) is 1. The van der Waals surface area contributed by atoms with Crippen LogP contribution >= 0.6 is 0 Å². The van der Waals surface area contributed by atoms with Crippen LogP contribution in [0.3, 0.4) is 0 Å². The predicted molar refractivity (Wildman–Crippen MR) is 65.8 cm³/mol. The number of hydrogen-bond donors (Lipinski definition) is 3. The van der Waals surface area contributed by atoms with E-state index in [-0.39, 0.29) is 0 Å². The van der Waals surface area contributed by atoms with E-state index in [1.807, 2.05) is 0 Å². The van der Waals surface area contributed by atoms with Crippen molar-refractivity contribution in [3.8, 4) is 0 Å². The third-order valence-corrected chi connectivity index (χ3v) is 2.54. The Morgan fingerprint density at radius 1 is 1.50 bits per heavy atom. The lowest BCUT2D eigenvalue weighted by Crippen LogP contribution is -2.42. The van der Waals surface area contributed by atoms with Crippen molar-refractivity contribution in [3.63, 3.8) is 0 Å². The fourth-order valence-electron chi connectivity index (χ4n) is 1.66. The lowest BCUT2D eigenvalue weighted by molar-refractivity contribution is 0.180. The highest BCUT2D eigenvalue weighted by Crippen LogP contribution is 2.11. The van der Waals surface area contributed by atoms with E-state index in [0.29, 0.717) is 19.4 Å². The van der Waals surface area contributed by atoms with Crippen LogP contribution in [0.4, 0.5) is 4.79 Å². The van der Waals surface area contributed by atoms with Gasteiger partial charge in [0, 0.05) is 24.3 Å². The number of rotatable bonds is 5. The highest BCUT2D eigenvalue weighted by molar-refractivity contribution is 5.65. The second-order valence-corrected chi connectivity index (χ2v) is 4.72. The first-order valence-electron chi connectivity index (χ1n) is 5.61. The van der Waals surface area contributed by atoms with Crippen LogP contribution in [-0.2, 0) is 6.54 Å². The van der Waals surface area contributed by atoms with Crippen LogP contribution in [0.1, 0.15) is 26.7 Å². The molecule has 0 saturated carbocycles. The van der Waals surface area contributed by atoms with Crippen molar-refractivity contribution in [2.75, 3.05) is 0 Å². The Bertz CT molecular complexity index is 530. The van der Waals surface area contributed by atoms with E-state index in [1.165, 1.54) is 16.8 Å². The van der Waals surface area contributed by atoms with Gasteiger partial charge in [-0.3, -0.25) is 9.78 Å². The summed E-state index contributed by atoms with van der Waals surface area (Å²) in [5.41, 5.74) is -1.42. The van der Waals surface area contributed by atoms with Gasteiger partial charge in [-0.05, 0) is 26.7 Å². The van der Waals surface area contributed by atoms with Crippen LogP contribution in [0.5, 0.6) is 0 Å². The summed E-state index contributed by atoms with van der Waals surface area (Å²) in [5, 5.41) is 11.0. The van der Waals surface area contributed by atoms with Gasteiger partial charge in [0.25, 0.3) is 5.56 Å². The maximum Gasteiger partial charge on any atom is 0.405 e. The van der Waals surface area contributed by atoms with Crippen molar-refractivity contribution >= 4 is 6.09 Å². The summed E-state index contributed by atoms with van der Waals surface area (Å²) in [5.74, 6) is 0. The van der Waals surface area contributed by atoms with Crippen molar-refractivity contribution in [2.24, 2.45) is 0 Å². The molecule has 0 spiro atoms. The molecule has 1 heterocycles. The minimum atomic E-state index is -1.07. The molecular weight excluding hydrogens is 238 g/mol. The van der Waals surface area contributed by atoms with Gasteiger partial charge in [-0.25, -0.2) is 9.59 Å². The van der Waals surface area contributed by atoms with Gasteiger partial charge in [-0.2, -0.15) is 0 Å². The number of aryl methyl sites for hydroxylation is 1. The molecule has 0 aliphatic heterocycles. The second-order valence-electron chi connectivity index (χ2n) is 4.72. The van der Waals surface area contributed by atoms with Gasteiger partial charge >= 0.3 is 11.8 Å². The van der Waals surface area contributed by atoms with Gasteiger partial charge < -0.3 is 15.0 Å². The Hall–Kier alpha value is -2.05. The number of carbonyl (C=O) groups is 1. The molecule has 0 fully saturated rings. The first kappa shape index (κ1) is 14.0. The summed E-state index contributed by atoms with van der Waals surface area (Å²) in [4.78, 5) is 34.9. The summed E-state index contributed by atoms with van der Waals surface area (Å²) < 4.78 is 1.39. The van der Waals surface area contributed by atoms with Crippen molar-refractivity contribution in [1.29, 1.82) is 0 Å². The summed E-state index contributed by atoms with van der Waals surface area (Å²) in [7, 11) is 0. The summed E-state index contributed by atoms with van der Waals surface area (Å²) in [6.07, 6.45) is 1.57. The number of aromatic amines is 1. The molecule has 1 amide bonds. The Balaban J connectivity index is 2.54. The SMILES string of the molecule is CC(C)(CCCn1ccc(=O)[nH]c1=O)NC(=O)O. The quantitative estimate of drug-likeness (QED) is 0.706. The smallest absolute Gasteiger partial charge is 0.405 e. The van der Waals surface area contributed by atoms with Crippen molar-refractivity contribution in [3.05, 3.63) is 33.1 Å². The van der Waals surface area contributed by atoms with Crippen LogP contribution in [0.25, 0.3) is 0 Å². The molecule has 1 rings (SSSR count). The molecule has 18 heavy (non-hydrogen) atoms. The Kier molecular flexibility index (Phi) is 4.30. The van der Waals surface area contributed by atoms with Gasteiger partial charge in [0.15, 0.2) is 0 Å². The van der Waals surface area contributed by atoms with E-state index in [2.05, 4.69) is 10.3 Å². The zero-order valence-corrected chi connectivity index (χ0v) is 10.4. The fourth-order valence-corrected chi connectivity index (χ4v) is 1.66. The van der Waals surface area contributed by atoms with Gasteiger partial charge in [0.1, 0.15) is 0 Å². The zero-order valence-electron chi connectivity index (χ0n) is 10.4. The molecule has 0 bridgehead atoms. The number of H-pyrrole nitrogens is 1. The molecule has 0 aliphatic carbocycles. The minimum Gasteiger partial charge on any atom is -0.465 e. The van der Waals surface area contributed by atoms with E-state index in [9.17, 15) is 14.4 Å². The van der Waals surface area contributed by atoms with E-state index < -0.39 is 22.9 Å². The first-order valence-corrected chi connectivity index (χ1v) is 5.61. The minimum absolute atomic E-state index is 0.427. The maximum absolute atomic E-state index is 11.4. The molecule has 0 aliphatic rings. The molecule has 3 N–H and O–H groups in total. The van der Waals surface area contributed by atoms with Gasteiger partial charge in [0.2, 0.25) is 0 Å². The second kappa shape index (κ2) is 5.52. The van der Waals surface area contributed by atoms with Crippen molar-refractivity contribution in [2.45, 2.75) is 38.8 Å². The lowest BCUT2D eigenvalue weighted by atomic mass is 9.99. The number of carboxylic acid groups (broad SMARTS) is 1. The topological polar surface area (TPSA) is 104 Å². The molecule has 0 unspecified atom stereocenters. The zero-order chi connectivity index (χ0) is 13.8. The van der Waals surface area contributed by atoms with E-state index >= 15 is 0 Å². The maximum atomic E-state index is 11.4. The number of hydrogen-bond acceptors (Lipinski definition) is 3. The molecule has 100 valence electrons. The fraction of sp³-hybridized carbons (Fsp3) is 0.545. The Morgan fingerprint density at radius 3 is 2.72 bits per heavy atom. The van der Waals surface area contributed by atoms with E-state index in [0.717, 1.165) is 0 Å². The van der Waals surface area contributed by atoms with Crippen LogP contribution in [0.15, 0.2) is 21.9 Å². The number of nitrogens with one attached hydrogen (secondary N) is 2. The van der Waals surface area contributed by atoms with Gasteiger partial charge in [0.05, 0.1) is 0 Å². The lowest BCUT2D eigenvalue weighted by Gasteiger charge is -2.24. The molecule has 1 aromatic heterocycles. The third kappa shape index (κ3) is 4.44. The largest absolute Gasteiger partial charge is 0.465 e. The molecule has 0 saturated heterocycles. The van der Waals surface area contributed by atoms with E-state index in [1.54, 1.807) is 13.8 Å². The predicted octanol–water partition coefficient (Wildman–Crippen LogP) is 0.363. The normalized spacial score (nSPS) is 11.2. The summed E-state index contributed by atoms with van der Waals surface area (Å²) >= 11 is 0. The van der Waals surface area contributed by atoms with Crippen molar-refractivity contribution < 1.29 is 9.90 Å².